The SMILES string of the molecule is COc1ccc2cc(CN(C)C(=O)COC(=O)c3c(C)oc(C)c3C)ccc2c1. The van der Waals surface area contributed by atoms with Gasteiger partial charge in [0.05, 0.1) is 7.11 Å². The standard InChI is InChI=1S/C23H25NO5/c1-14-15(2)29-16(3)22(14)23(26)28-13-21(25)24(4)12-17-6-7-19-11-20(27-5)9-8-18(19)10-17/h6-11H,12-13H2,1-5H3. The number of hydrogen-bond acceptors (Lipinski definition) is 5. The molecule has 3 aromatic rings. The van der Waals surface area contributed by atoms with Crippen LogP contribution in [0, 0.1) is 20.8 Å². The lowest BCUT2D eigenvalue weighted by molar-refractivity contribution is -0.133. The van der Waals surface area contributed by atoms with Crippen molar-refractivity contribution >= 4 is 22.6 Å². The van der Waals surface area contributed by atoms with Gasteiger partial charge in [0, 0.05) is 19.2 Å². The van der Waals surface area contributed by atoms with Crippen LogP contribution in [0.3, 0.4) is 0 Å². The molecule has 0 atom stereocenters. The fraction of sp³-hybridized carbons (Fsp3) is 0.304. The van der Waals surface area contributed by atoms with Crippen LogP contribution >= 0.6 is 0 Å². The molecule has 6 nitrogen and oxygen atoms in total. The number of furan rings is 1. The zero-order valence-electron chi connectivity index (χ0n) is 17.4. The smallest absolute Gasteiger partial charge is 0.342 e. The summed E-state index contributed by atoms with van der Waals surface area (Å²) < 4.78 is 15.9. The summed E-state index contributed by atoms with van der Waals surface area (Å²) in [6.07, 6.45) is 0. The highest BCUT2D eigenvalue weighted by Crippen LogP contribution is 2.23. The maximum absolute atomic E-state index is 12.4. The van der Waals surface area contributed by atoms with E-state index >= 15 is 0 Å². The Balaban J connectivity index is 1.61. The quantitative estimate of drug-likeness (QED) is 0.586. The predicted octanol–water partition coefficient (Wildman–Crippen LogP) is 4.18. The first-order valence-corrected chi connectivity index (χ1v) is 9.34. The van der Waals surface area contributed by atoms with Crippen LogP contribution in [0.25, 0.3) is 10.8 Å². The van der Waals surface area contributed by atoms with Crippen molar-refractivity contribution in [1.29, 1.82) is 0 Å². The van der Waals surface area contributed by atoms with E-state index in [1.54, 1.807) is 34.9 Å². The van der Waals surface area contributed by atoms with Crippen molar-refractivity contribution in [2.75, 3.05) is 20.8 Å². The third kappa shape index (κ3) is 4.42. The van der Waals surface area contributed by atoms with E-state index in [2.05, 4.69) is 0 Å². The number of likely N-dealkylation sites (N-methyl/N-ethyl adjacent to an activating group) is 1. The van der Waals surface area contributed by atoms with Gasteiger partial charge in [-0.05, 0) is 55.3 Å². The Bertz CT molecular complexity index is 1070. The van der Waals surface area contributed by atoms with Gasteiger partial charge in [-0.2, -0.15) is 0 Å². The lowest BCUT2D eigenvalue weighted by Crippen LogP contribution is -2.31. The predicted molar refractivity (Wildman–Crippen MR) is 110 cm³/mol. The molecular weight excluding hydrogens is 370 g/mol. The van der Waals surface area contributed by atoms with Crippen molar-refractivity contribution in [3.8, 4) is 5.75 Å². The van der Waals surface area contributed by atoms with Crippen molar-refractivity contribution in [2.24, 2.45) is 0 Å². The van der Waals surface area contributed by atoms with Gasteiger partial charge in [-0.25, -0.2) is 4.79 Å². The molecule has 0 unspecified atom stereocenters. The third-order valence-electron chi connectivity index (χ3n) is 5.05. The second kappa shape index (κ2) is 8.39. The second-order valence-corrected chi connectivity index (χ2v) is 7.09. The minimum Gasteiger partial charge on any atom is -0.497 e. The number of ether oxygens (including phenoxy) is 2. The summed E-state index contributed by atoms with van der Waals surface area (Å²) in [7, 11) is 3.33. The van der Waals surface area contributed by atoms with Crippen molar-refractivity contribution in [3.63, 3.8) is 0 Å². The molecule has 1 heterocycles. The maximum Gasteiger partial charge on any atom is 0.342 e. The number of methoxy groups -OCH3 is 1. The number of amides is 1. The second-order valence-electron chi connectivity index (χ2n) is 7.09. The fourth-order valence-corrected chi connectivity index (χ4v) is 3.26. The van der Waals surface area contributed by atoms with Crippen molar-refractivity contribution < 1.29 is 23.5 Å². The van der Waals surface area contributed by atoms with Gasteiger partial charge in [0.2, 0.25) is 0 Å². The highest BCUT2D eigenvalue weighted by molar-refractivity contribution is 5.94. The van der Waals surface area contributed by atoms with Gasteiger partial charge in [0.1, 0.15) is 22.8 Å². The number of aryl methyl sites for hydroxylation is 2. The Morgan fingerprint density at radius 1 is 1.00 bits per heavy atom. The number of rotatable bonds is 6. The summed E-state index contributed by atoms with van der Waals surface area (Å²) in [6.45, 7) is 5.40. The average molecular weight is 395 g/mol. The van der Waals surface area contributed by atoms with E-state index < -0.39 is 5.97 Å². The van der Waals surface area contributed by atoms with E-state index in [0.717, 1.165) is 27.6 Å². The molecule has 0 N–H and O–H groups in total. The van der Waals surface area contributed by atoms with Gasteiger partial charge in [0.25, 0.3) is 5.91 Å². The molecule has 29 heavy (non-hydrogen) atoms. The topological polar surface area (TPSA) is 69.0 Å². The lowest BCUT2D eigenvalue weighted by Gasteiger charge is -2.17. The molecule has 0 fully saturated rings. The number of carbonyl (C=O) groups is 2. The van der Waals surface area contributed by atoms with Crippen LogP contribution in [0.5, 0.6) is 5.75 Å². The number of carbonyl (C=O) groups excluding carboxylic acids is 2. The molecule has 0 aliphatic carbocycles. The first-order valence-electron chi connectivity index (χ1n) is 9.34. The molecule has 2 aromatic carbocycles. The first-order chi connectivity index (χ1) is 13.8. The summed E-state index contributed by atoms with van der Waals surface area (Å²) in [4.78, 5) is 26.3. The van der Waals surface area contributed by atoms with Crippen LogP contribution in [-0.2, 0) is 16.1 Å². The van der Waals surface area contributed by atoms with Crippen LogP contribution in [0.1, 0.15) is 33.0 Å². The Morgan fingerprint density at radius 2 is 1.69 bits per heavy atom. The number of nitrogens with zero attached hydrogens (tertiary/aromatic N) is 1. The zero-order valence-corrected chi connectivity index (χ0v) is 17.4. The third-order valence-corrected chi connectivity index (χ3v) is 5.05. The van der Waals surface area contributed by atoms with Gasteiger partial charge < -0.3 is 18.8 Å². The normalized spacial score (nSPS) is 10.8. The van der Waals surface area contributed by atoms with Crippen molar-refractivity contribution in [1.82, 2.24) is 4.90 Å². The molecular formula is C23H25NO5. The summed E-state index contributed by atoms with van der Waals surface area (Å²) >= 11 is 0. The van der Waals surface area contributed by atoms with Crippen LogP contribution in [0.15, 0.2) is 40.8 Å². The van der Waals surface area contributed by atoms with E-state index in [1.807, 2.05) is 36.4 Å². The van der Waals surface area contributed by atoms with Gasteiger partial charge in [-0.3, -0.25) is 4.79 Å². The van der Waals surface area contributed by atoms with Gasteiger partial charge in [-0.15, -0.1) is 0 Å². The number of hydrogen-bond donors (Lipinski definition) is 0. The van der Waals surface area contributed by atoms with Crippen LogP contribution in [0.2, 0.25) is 0 Å². The molecule has 0 aliphatic heterocycles. The minimum absolute atomic E-state index is 0.274. The summed E-state index contributed by atoms with van der Waals surface area (Å²) in [5.41, 5.74) is 2.12. The van der Waals surface area contributed by atoms with Crippen LogP contribution < -0.4 is 4.74 Å². The van der Waals surface area contributed by atoms with E-state index in [9.17, 15) is 9.59 Å². The molecule has 152 valence electrons. The molecule has 0 radical (unpaired) electrons. The molecule has 1 amide bonds. The summed E-state index contributed by atoms with van der Waals surface area (Å²) in [5, 5.41) is 2.13. The molecule has 0 bridgehead atoms. The summed E-state index contributed by atoms with van der Waals surface area (Å²) in [6, 6.07) is 11.9. The molecule has 1 aromatic heterocycles. The Morgan fingerprint density at radius 3 is 2.34 bits per heavy atom. The Kier molecular flexibility index (Phi) is 5.92. The fourth-order valence-electron chi connectivity index (χ4n) is 3.26. The minimum atomic E-state index is -0.543. The Hall–Kier alpha value is -3.28. The molecule has 0 spiro atoms. The Labute approximate surface area is 170 Å². The van der Waals surface area contributed by atoms with Crippen molar-refractivity contribution in [2.45, 2.75) is 27.3 Å². The largest absolute Gasteiger partial charge is 0.497 e. The zero-order chi connectivity index (χ0) is 21.1. The molecule has 3 rings (SSSR count). The monoisotopic (exact) mass is 395 g/mol. The van der Waals surface area contributed by atoms with Gasteiger partial charge in [-0.1, -0.05) is 18.2 Å². The molecule has 0 aliphatic rings. The van der Waals surface area contributed by atoms with Crippen LogP contribution in [-0.4, -0.2) is 37.5 Å². The summed E-state index contributed by atoms with van der Waals surface area (Å²) in [5.74, 6) is 1.16. The first kappa shape index (κ1) is 20.5. The average Bonchev–Trinajstić information content (AvgIpc) is 2.96. The number of fused-ring (bicyclic) bond motifs is 1. The van der Waals surface area contributed by atoms with Gasteiger partial charge >= 0.3 is 5.97 Å². The van der Waals surface area contributed by atoms with E-state index in [1.165, 1.54) is 4.90 Å². The van der Waals surface area contributed by atoms with E-state index in [-0.39, 0.29) is 12.5 Å². The maximum atomic E-state index is 12.4. The molecule has 0 saturated heterocycles. The highest BCUT2D eigenvalue weighted by atomic mass is 16.5. The van der Waals surface area contributed by atoms with E-state index in [4.69, 9.17) is 13.9 Å². The number of esters is 1. The molecule has 0 saturated carbocycles. The van der Waals surface area contributed by atoms with Gasteiger partial charge in [0.15, 0.2) is 6.61 Å². The van der Waals surface area contributed by atoms with E-state index in [0.29, 0.717) is 23.6 Å². The van der Waals surface area contributed by atoms with Crippen LogP contribution in [0.4, 0.5) is 0 Å². The number of benzene rings is 2. The highest BCUT2D eigenvalue weighted by Gasteiger charge is 2.21. The lowest BCUT2D eigenvalue weighted by atomic mass is 10.1. The molecule has 6 heteroatoms. The van der Waals surface area contributed by atoms with Crippen molar-refractivity contribution in [3.05, 3.63) is 64.6 Å².